The Hall–Kier alpha value is -0.810. The van der Waals surface area contributed by atoms with E-state index >= 15 is 0 Å². The third kappa shape index (κ3) is 1.67. The lowest BCUT2D eigenvalue weighted by molar-refractivity contribution is -0.00461. The molecule has 1 rings (SSSR count). The first-order valence-corrected chi connectivity index (χ1v) is 3.83. The fourth-order valence-corrected chi connectivity index (χ4v) is 1.39. The number of hydrogen-bond donors (Lipinski definition) is 2. The van der Waals surface area contributed by atoms with E-state index in [9.17, 15) is 0 Å². The van der Waals surface area contributed by atoms with Gasteiger partial charge in [0.15, 0.2) is 5.96 Å². The summed E-state index contributed by atoms with van der Waals surface area (Å²) in [5.41, 5.74) is 5.33. The van der Waals surface area contributed by atoms with Crippen LogP contribution in [0.3, 0.4) is 0 Å². The minimum Gasteiger partial charge on any atom is -0.377 e. The number of guanidine groups is 1. The maximum absolute atomic E-state index is 7.21. The lowest BCUT2D eigenvalue weighted by Gasteiger charge is -2.13. The molecule has 1 aliphatic rings. The highest BCUT2D eigenvalue weighted by Crippen LogP contribution is 2.14. The van der Waals surface area contributed by atoms with E-state index in [2.05, 4.69) is 0 Å². The highest BCUT2D eigenvalue weighted by molar-refractivity contribution is 5.75. The summed E-state index contributed by atoms with van der Waals surface area (Å²) in [6, 6.07) is 0. The predicted molar refractivity (Wildman–Crippen MR) is 45.1 cm³/mol. The number of nitrogens with one attached hydrogen (secondary N) is 1. The van der Waals surface area contributed by atoms with Crippen LogP contribution in [0.2, 0.25) is 0 Å². The highest BCUT2D eigenvalue weighted by Gasteiger charge is 2.33. The van der Waals surface area contributed by atoms with Gasteiger partial charge < -0.3 is 20.1 Å². The van der Waals surface area contributed by atoms with Crippen molar-refractivity contribution in [1.29, 1.82) is 5.41 Å². The first-order chi connectivity index (χ1) is 5.69. The van der Waals surface area contributed by atoms with Gasteiger partial charge in [-0.15, -0.1) is 0 Å². The molecule has 1 aliphatic heterocycles. The number of nitrogens with zero attached hydrogens (tertiary/aromatic N) is 1. The molecule has 3 N–H and O–H groups in total. The minimum atomic E-state index is 0.0268. The monoisotopic (exact) mass is 173 g/mol. The summed E-state index contributed by atoms with van der Waals surface area (Å²) in [6.07, 6.45) is 0.0535. The van der Waals surface area contributed by atoms with E-state index in [1.807, 2.05) is 0 Å². The van der Waals surface area contributed by atoms with E-state index in [-0.39, 0.29) is 18.2 Å². The molecule has 0 saturated carbocycles. The molecule has 0 spiro atoms. The quantitative estimate of drug-likeness (QED) is 0.424. The van der Waals surface area contributed by atoms with E-state index in [4.69, 9.17) is 20.6 Å². The third-order valence-electron chi connectivity index (χ3n) is 2.16. The molecule has 0 unspecified atom stereocenters. The van der Waals surface area contributed by atoms with Crippen LogP contribution in [-0.4, -0.2) is 50.4 Å². The SMILES string of the molecule is CO[C@@H]1CN(C(=N)N)C[C@H]1OC. The second kappa shape index (κ2) is 3.73. The van der Waals surface area contributed by atoms with Gasteiger partial charge in [-0.1, -0.05) is 0 Å². The van der Waals surface area contributed by atoms with Crippen LogP contribution in [0.25, 0.3) is 0 Å². The second-order valence-corrected chi connectivity index (χ2v) is 2.84. The van der Waals surface area contributed by atoms with E-state index in [1.54, 1.807) is 19.1 Å². The van der Waals surface area contributed by atoms with Gasteiger partial charge in [-0.25, -0.2) is 0 Å². The largest absolute Gasteiger partial charge is 0.377 e. The van der Waals surface area contributed by atoms with Crippen molar-refractivity contribution in [2.24, 2.45) is 5.73 Å². The Morgan fingerprint density at radius 1 is 1.33 bits per heavy atom. The van der Waals surface area contributed by atoms with Crippen molar-refractivity contribution in [2.45, 2.75) is 12.2 Å². The van der Waals surface area contributed by atoms with Crippen molar-refractivity contribution >= 4 is 5.96 Å². The minimum absolute atomic E-state index is 0.0268. The Labute approximate surface area is 71.9 Å². The van der Waals surface area contributed by atoms with Crippen LogP contribution >= 0.6 is 0 Å². The molecule has 12 heavy (non-hydrogen) atoms. The van der Waals surface area contributed by atoms with Crippen molar-refractivity contribution in [3.05, 3.63) is 0 Å². The smallest absolute Gasteiger partial charge is 0.188 e. The number of likely N-dealkylation sites (tertiary alicyclic amines) is 1. The fraction of sp³-hybridized carbons (Fsp3) is 0.857. The van der Waals surface area contributed by atoms with Crippen LogP contribution < -0.4 is 5.73 Å². The average molecular weight is 173 g/mol. The van der Waals surface area contributed by atoms with E-state index in [0.29, 0.717) is 13.1 Å². The van der Waals surface area contributed by atoms with Crippen molar-refractivity contribution in [3.63, 3.8) is 0 Å². The Balaban J connectivity index is 2.53. The summed E-state index contributed by atoms with van der Waals surface area (Å²) < 4.78 is 10.4. The second-order valence-electron chi connectivity index (χ2n) is 2.84. The molecular weight excluding hydrogens is 158 g/mol. The molecule has 70 valence electrons. The van der Waals surface area contributed by atoms with Crippen molar-refractivity contribution < 1.29 is 9.47 Å². The zero-order valence-electron chi connectivity index (χ0n) is 7.41. The Morgan fingerprint density at radius 3 is 2.00 bits per heavy atom. The number of ether oxygens (including phenoxy) is 2. The molecule has 1 saturated heterocycles. The molecule has 0 bridgehead atoms. The molecule has 0 aromatic rings. The Bertz CT molecular complexity index is 162. The van der Waals surface area contributed by atoms with Gasteiger partial charge in [0.2, 0.25) is 0 Å². The molecule has 0 aromatic heterocycles. The predicted octanol–water partition coefficient (Wildman–Crippen LogP) is -0.775. The van der Waals surface area contributed by atoms with Crippen molar-refractivity contribution in [3.8, 4) is 0 Å². The van der Waals surface area contributed by atoms with Gasteiger partial charge in [-0.05, 0) is 0 Å². The maximum Gasteiger partial charge on any atom is 0.188 e. The molecule has 5 heteroatoms. The highest BCUT2D eigenvalue weighted by atomic mass is 16.5. The van der Waals surface area contributed by atoms with Crippen LogP contribution in [0.15, 0.2) is 0 Å². The molecule has 0 aliphatic carbocycles. The molecule has 1 heterocycles. The molecule has 5 nitrogen and oxygen atoms in total. The average Bonchev–Trinajstić information content (AvgIpc) is 2.46. The first kappa shape index (κ1) is 9.28. The standard InChI is InChI=1S/C7H15N3O2/c1-11-5-3-10(7(8)9)4-6(5)12-2/h5-6H,3-4H2,1-2H3,(H3,8,9)/t5-,6-/m1/s1. The summed E-state index contributed by atoms with van der Waals surface area (Å²) >= 11 is 0. The number of rotatable bonds is 2. The fourth-order valence-electron chi connectivity index (χ4n) is 1.39. The summed E-state index contributed by atoms with van der Waals surface area (Å²) in [6.45, 7) is 1.29. The van der Waals surface area contributed by atoms with E-state index in [1.165, 1.54) is 0 Å². The van der Waals surface area contributed by atoms with Crippen LogP contribution in [0, 0.1) is 5.41 Å². The summed E-state index contributed by atoms with van der Waals surface area (Å²) in [5, 5.41) is 7.21. The molecule has 1 fully saturated rings. The normalized spacial score (nSPS) is 29.3. The topological polar surface area (TPSA) is 71.6 Å². The van der Waals surface area contributed by atoms with Gasteiger partial charge in [-0.3, -0.25) is 5.41 Å². The molecule has 2 atom stereocenters. The van der Waals surface area contributed by atoms with Crippen molar-refractivity contribution in [2.75, 3.05) is 27.3 Å². The molecule has 0 amide bonds. The van der Waals surface area contributed by atoms with Gasteiger partial charge in [0.1, 0.15) is 12.2 Å². The van der Waals surface area contributed by atoms with Gasteiger partial charge >= 0.3 is 0 Å². The lowest BCUT2D eigenvalue weighted by Crippen LogP contribution is -2.35. The lowest BCUT2D eigenvalue weighted by atomic mass is 10.3. The van der Waals surface area contributed by atoms with E-state index < -0.39 is 0 Å². The first-order valence-electron chi connectivity index (χ1n) is 3.83. The third-order valence-corrected chi connectivity index (χ3v) is 2.16. The van der Waals surface area contributed by atoms with Crippen molar-refractivity contribution in [1.82, 2.24) is 4.90 Å². The maximum atomic E-state index is 7.21. The summed E-state index contributed by atoms with van der Waals surface area (Å²) in [7, 11) is 3.28. The van der Waals surface area contributed by atoms with Gasteiger partial charge in [-0.2, -0.15) is 0 Å². The number of nitrogens with two attached hydrogens (primary N) is 1. The zero-order chi connectivity index (χ0) is 9.14. The van der Waals surface area contributed by atoms with Gasteiger partial charge in [0.05, 0.1) is 0 Å². The zero-order valence-corrected chi connectivity index (χ0v) is 7.41. The van der Waals surface area contributed by atoms with Gasteiger partial charge in [0.25, 0.3) is 0 Å². The van der Waals surface area contributed by atoms with Crippen LogP contribution in [-0.2, 0) is 9.47 Å². The Morgan fingerprint density at radius 2 is 1.75 bits per heavy atom. The molecule has 0 aromatic carbocycles. The number of methoxy groups -OCH3 is 2. The molecular formula is C7H15N3O2. The molecule has 0 radical (unpaired) electrons. The van der Waals surface area contributed by atoms with Gasteiger partial charge in [0, 0.05) is 27.3 Å². The number of hydrogen-bond acceptors (Lipinski definition) is 3. The summed E-state index contributed by atoms with van der Waals surface area (Å²) in [5.74, 6) is 0.0802. The van der Waals surface area contributed by atoms with Crippen LogP contribution in [0.5, 0.6) is 0 Å². The Kier molecular flexibility index (Phi) is 2.88. The van der Waals surface area contributed by atoms with E-state index in [0.717, 1.165) is 0 Å². The summed E-state index contributed by atoms with van der Waals surface area (Å²) in [4.78, 5) is 1.74. The van der Waals surface area contributed by atoms with Crippen LogP contribution in [0.4, 0.5) is 0 Å². The van der Waals surface area contributed by atoms with Crippen LogP contribution in [0.1, 0.15) is 0 Å².